The molecule has 2 aromatic carbocycles. The van der Waals surface area contributed by atoms with Crippen LogP contribution in [0.25, 0.3) is 10.8 Å². The topological polar surface area (TPSA) is 74.6 Å². The highest BCUT2D eigenvalue weighted by molar-refractivity contribution is 5.91. The Labute approximate surface area is 176 Å². The van der Waals surface area contributed by atoms with Crippen molar-refractivity contribution in [3.63, 3.8) is 0 Å². The normalized spacial score (nSPS) is 15.2. The summed E-state index contributed by atoms with van der Waals surface area (Å²) in [6.45, 7) is 2.44. The van der Waals surface area contributed by atoms with E-state index in [1.807, 2.05) is 54.6 Å². The van der Waals surface area contributed by atoms with Crippen molar-refractivity contribution in [2.75, 3.05) is 26.2 Å². The maximum absolute atomic E-state index is 12.4. The van der Waals surface area contributed by atoms with Crippen LogP contribution in [0.15, 0.2) is 65.3 Å². The van der Waals surface area contributed by atoms with E-state index < -0.39 is 0 Å². The molecule has 1 atom stereocenters. The summed E-state index contributed by atoms with van der Waals surface area (Å²) in [6.07, 6.45) is 4.23. The van der Waals surface area contributed by atoms with Crippen molar-refractivity contribution in [3.05, 3.63) is 72.2 Å². The molecular formula is C24H27N3O3. The van der Waals surface area contributed by atoms with Gasteiger partial charge in [-0.05, 0) is 54.4 Å². The number of hydrogen-bond donors (Lipinski definition) is 2. The minimum atomic E-state index is -0.197. The van der Waals surface area contributed by atoms with Crippen molar-refractivity contribution < 1.29 is 14.0 Å². The lowest BCUT2D eigenvalue weighted by molar-refractivity contribution is -0.125. The average molecular weight is 405 g/mol. The highest BCUT2D eigenvalue weighted by Gasteiger charge is 2.25. The minimum absolute atomic E-state index is 0.0258. The van der Waals surface area contributed by atoms with Crippen LogP contribution < -0.4 is 10.6 Å². The van der Waals surface area contributed by atoms with E-state index in [-0.39, 0.29) is 30.8 Å². The van der Waals surface area contributed by atoms with Crippen molar-refractivity contribution in [2.24, 2.45) is 0 Å². The van der Waals surface area contributed by atoms with Crippen molar-refractivity contribution in [1.29, 1.82) is 0 Å². The molecule has 0 saturated carbocycles. The molecule has 1 fully saturated rings. The highest BCUT2D eigenvalue weighted by atomic mass is 16.3. The second kappa shape index (κ2) is 9.59. The van der Waals surface area contributed by atoms with Gasteiger partial charge in [0.05, 0.1) is 25.3 Å². The number of furan rings is 1. The Morgan fingerprint density at radius 1 is 0.933 bits per heavy atom. The van der Waals surface area contributed by atoms with E-state index in [1.165, 1.54) is 0 Å². The van der Waals surface area contributed by atoms with Gasteiger partial charge < -0.3 is 15.1 Å². The summed E-state index contributed by atoms with van der Waals surface area (Å²) in [5, 5.41) is 7.84. The Bertz CT molecular complexity index is 989. The van der Waals surface area contributed by atoms with Crippen LogP contribution in [-0.2, 0) is 16.0 Å². The van der Waals surface area contributed by atoms with Crippen LogP contribution in [0.3, 0.4) is 0 Å². The van der Waals surface area contributed by atoms with Gasteiger partial charge in [0.25, 0.3) is 0 Å². The van der Waals surface area contributed by atoms with E-state index >= 15 is 0 Å². The first-order valence-electron chi connectivity index (χ1n) is 10.5. The number of amides is 2. The van der Waals surface area contributed by atoms with Gasteiger partial charge in [0, 0.05) is 6.54 Å². The summed E-state index contributed by atoms with van der Waals surface area (Å²) in [5.74, 6) is 0.498. The fourth-order valence-electron chi connectivity index (χ4n) is 4.08. The third-order valence-corrected chi connectivity index (χ3v) is 5.62. The summed E-state index contributed by atoms with van der Waals surface area (Å²) >= 11 is 0. The molecule has 1 aliphatic rings. The van der Waals surface area contributed by atoms with E-state index in [0.717, 1.165) is 48.0 Å². The van der Waals surface area contributed by atoms with Crippen LogP contribution in [0.4, 0.5) is 0 Å². The van der Waals surface area contributed by atoms with E-state index in [2.05, 4.69) is 15.5 Å². The molecule has 156 valence electrons. The first-order chi connectivity index (χ1) is 14.7. The Morgan fingerprint density at radius 3 is 2.53 bits per heavy atom. The lowest BCUT2D eigenvalue weighted by Crippen LogP contribution is -2.41. The quantitative estimate of drug-likeness (QED) is 0.604. The predicted molar refractivity (Wildman–Crippen MR) is 116 cm³/mol. The standard InChI is InChI=1S/C24H27N3O3/c28-23(15-19-9-5-8-18-7-1-2-10-20(18)19)26-17-24(29)25-16-21(22-11-6-14-30-22)27-12-3-4-13-27/h1-2,5-11,14,21H,3-4,12-13,15-17H2,(H,25,29)(H,26,28)/t21-/m1/s1. The molecule has 2 amide bonds. The average Bonchev–Trinajstić information content (AvgIpc) is 3.48. The van der Waals surface area contributed by atoms with Crippen LogP contribution in [0.2, 0.25) is 0 Å². The third-order valence-electron chi connectivity index (χ3n) is 5.62. The molecule has 0 unspecified atom stereocenters. The lowest BCUT2D eigenvalue weighted by Gasteiger charge is -2.26. The van der Waals surface area contributed by atoms with Crippen LogP contribution in [0, 0.1) is 0 Å². The van der Waals surface area contributed by atoms with Gasteiger partial charge in [-0.25, -0.2) is 0 Å². The van der Waals surface area contributed by atoms with Crippen molar-refractivity contribution in [3.8, 4) is 0 Å². The van der Waals surface area contributed by atoms with Gasteiger partial charge in [0.15, 0.2) is 0 Å². The molecule has 0 aliphatic carbocycles. The summed E-state index contributed by atoms with van der Waals surface area (Å²) in [6, 6.07) is 17.8. The Morgan fingerprint density at radius 2 is 1.73 bits per heavy atom. The molecule has 6 nitrogen and oxygen atoms in total. The fourth-order valence-corrected chi connectivity index (χ4v) is 4.08. The zero-order chi connectivity index (χ0) is 20.8. The number of hydrogen-bond acceptors (Lipinski definition) is 4. The van der Waals surface area contributed by atoms with Crippen LogP contribution in [0.5, 0.6) is 0 Å². The van der Waals surface area contributed by atoms with Crippen molar-refractivity contribution >= 4 is 22.6 Å². The number of fused-ring (bicyclic) bond motifs is 1. The maximum atomic E-state index is 12.4. The molecule has 0 bridgehead atoms. The number of rotatable bonds is 8. The predicted octanol–water partition coefficient (Wildman–Crippen LogP) is 3.04. The third kappa shape index (κ3) is 4.89. The molecule has 0 spiro atoms. The monoisotopic (exact) mass is 405 g/mol. The first-order valence-corrected chi connectivity index (χ1v) is 10.5. The molecule has 1 saturated heterocycles. The van der Waals surface area contributed by atoms with Gasteiger partial charge in [-0.1, -0.05) is 42.5 Å². The number of likely N-dealkylation sites (tertiary alicyclic amines) is 1. The number of benzene rings is 2. The number of carbonyl (C=O) groups excluding carboxylic acids is 2. The van der Waals surface area contributed by atoms with Crippen LogP contribution in [0.1, 0.15) is 30.2 Å². The van der Waals surface area contributed by atoms with Crippen LogP contribution >= 0.6 is 0 Å². The molecule has 1 aromatic heterocycles. The Kier molecular flexibility index (Phi) is 6.44. The minimum Gasteiger partial charge on any atom is -0.468 e. The van der Waals surface area contributed by atoms with Gasteiger partial charge in [-0.3, -0.25) is 14.5 Å². The van der Waals surface area contributed by atoms with E-state index in [1.54, 1.807) is 6.26 Å². The fraction of sp³-hybridized carbons (Fsp3) is 0.333. The molecule has 2 N–H and O–H groups in total. The summed E-state index contributed by atoms with van der Waals surface area (Å²) < 4.78 is 5.58. The largest absolute Gasteiger partial charge is 0.468 e. The zero-order valence-electron chi connectivity index (χ0n) is 17.0. The van der Waals surface area contributed by atoms with Gasteiger partial charge in [0.1, 0.15) is 5.76 Å². The number of nitrogens with one attached hydrogen (secondary N) is 2. The molecule has 6 heteroatoms. The molecule has 30 heavy (non-hydrogen) atoms. The van der Waals surface area contributed by atoms with E-state index in [4.69, 9.17) is 4.42 Å². The molecule has 3 aromatic rings. The highest BCUT2D eigenvalue weighted by Crippen LogP contribution is 2.24. The van der Waals surface area contributed by atoms with Gasteiger partial charge >= 0.3 is 0 Å². The molecule has 0 radical (unpaired) electrons. The molecular weight excluding hydrogens is 378 g/mol. The lowest BCUT2D eigenvalue weighted by atomic mass is 10.0. The molecule has 4 rings (SSSR count). The number of carbonyl (C=O) groups is 2. The SMILES string of the molecule is O=C(CNC(=O)Cc1cccc2ccccc12)NC[C@H](c1ccco1)N1CCCC1. The second-order valence-electron chi connectivity index (χ2n) is 7.67. The van der Waals surface area contributed by atoms with Gasteiger partial charge in [-0.15, -0.1) is 0 Å². The summed E-state index contributed by atoms with van der Waals surface area (Å²) in [5.41, 5.74) is 0.956. The molecule has 2 heterocycles. The van der Waals surface area contributed by atoms with Crippen molar-refractivity contribution in [2.45, 2.75) is 25.3 Å². The number of nitrogens with zero attached hydrogens (tertiary/aromatic N) is 1. The molecule has 1 aliphatic heterocycles. The Hall–Kier alpha value is -3.12. The van der Waals surface area contributed by atoms with E-state index in [0.29, 0.717) is 6.54 Å². The maximum Gasteiger partial charge on any atom is 0.239 e. The van der Waals surface area contributed by atoms with Crippen LogP contribution in [-0.4, -0.2) is 42.9 Å². The van der Waals surface area contributed by atoms with Crippen molar-refractivity contribution in [1.82, 2.24) is 15.5 Å². The zero-order valence-corrected chi connectivity index (χ0v) is 17.0. The summed E-state index contributed by atoms with van der Waals surface area (Å²) in [4.78, 5) is 27.0. The van der Waals surface area contributed by atoms with Gasteiger partial charge in [0.2, 0.25) is 11.8 Å². The Balaban J connectivity index is 1.28. The van der Waals surface area contributed by atoms with E-state index in [9.17, 15) is 9.59 Å². The smallest absolute Gasteiger partial charge is 0.239 e. The van der Waals surface area contributed by atoms with Gasteiger partial charge in [-0.2, -0.15) is 0 Å². The summed E-state index contributed by atoms with van der Waals surface area (Å²) in [7, 11) is 0. The second-order valence-corrected chi connectivity index (χ2v) is 7.67. The first kappa shape index (κ1) is 20.2.